The van der Waals surface area contributed by atoms with Crippen molar-refractivity contribution in [2.75, 3.05) is 12.4 Å². The van der Waals surface area contributed by atoms with E-state index in [1.807, 2.05) is 55.5 Å². The lowest BCUT2D eigenvalue weighted by Gasteiger charge is -2.29. The number of benzene rings is 2. The lowest BCUT2D eigenvalue weighted by Crippen LogP contribution is -2.43. The third-order valence-corrected chi connectivity index (χ3v) is 5.93. The Morgan fingerprint density at radius 3 is 2.67 bits per heavy atom. The fourth-order valence-electron chi connectivity index (χ4n) is 3.19. The molecular weight excluding hydrogens is 318 g/mol. The van der Waals surface area contributed by atoms with Crippen LogP contribution in [0.1, 0.15) is 34.8 Å². The molecule has 2 aromatic carbocycles. The summed E-state index contributed by atoms with van der Waals surface area (Å²) in [5, 5.41) is 12.7. The van der Waals surface area contributed by atoms with E-state index in [1.165, 1.54) is 5.56 Å². The van der Waals surface area contributed by atoms with Gasteiger partial charge in [-0.2, -0.15) is 0 Å². The second kappa shape index (κ2) is 7.86. The van der Waals surface area contributed by atoms with Gasteiger partial charge in [-0.15, -0.1) is 11.8 Å². The number of thioether (sulfide) groups is 1. The molecule has 1 heterocycles. The summed E-state index contributed by atoms with van der Waals surface area (Å²) in [6.45, 7) is 1.97. The maximum absolute atomic E-state index is 12.8. The Morgan fingerprint density at radius 2 is 1.92 bits per heavy atom. The van der Waals surface area contributed by atoms with Crippen molar-refractivity contribution in [1.82, 2.24) is 5.32 Å². The number of fused-ring (bicyclic) bond motifs is 1. The normalized spacial score (nSPS) is 19.2. The molecule has 2 aromatic rings. The predicted molar refractivity (Wildman–Crippen MR) is 99.2 cm³/mol. The Morgan fingerprint density at radius 1 is 1.21 bits per heavy atom. The van der Waals surface area contributed by atoms with E-state index >= 15 is 0 Å². The van der Waals surface area contributed by atoms with Crippen LogP contribution in [0.4, 0.5) is 0 Å². The average Bonchev–Trinajstić information content (AvgIpc) is 2.65. The average molecular weight is 341 g/mol. The van der Waals surface area contributed by atoms with Crippen molar-refractivity contribution in [3.8, 4) is 0 Å². The number of nitrogens with one attached hydrogen (secondary N) is 1. The smallest absolute Gasteiger partial charge is 0.237 e. The molecule has 0 saturated carbocycles. The van der Waals surface area contributed by atoms with E-state index in [1.54, 1.807) is 11.8 Å². The third-order valence-electron chi connectivity index (χ3n) is 4.68. The first-order valence-electron chi connectivity index (χ1n) is 8.36. The number of hydrogen-bond acceptors (Lipinski definition) is 3. The van der Waals surface area contributed by atoms with Crippen LogP contribution in [-0.4, -0.2) is 29.4 Å². The van der Waals surface area contributed by atoms with Gasteiger partial charge in [0.15, 0.2) is 0 Å². The van der Waals surface area contributed by atoms with Gasteiger partial charge >= 0.3 is 0 Å². The quantitative estimate of drug-likeness (QED) is 0.877. The number of hydrogen-bond donors (Lipinski definition) is 2. The molecule has 3 rings (SSSR count). The zero-order valence-electron chi connectivity index (χ0n) is 13.8. The highest BCUT2D eigenvalue weighted by Gasteiger charge is 2.29. The van der Waals surface area contributed by atoms with Crippen molar-refractivity contribution in [1.29, 1.82) is 0 Å². The van der Waals surface area contributed by atoms with Gasteiger partial charge in [-0.1, -0.05) is 61.5 Å². The first kappa shape index (κ1) is 17.1. The second-order valence-electron chi connectivity index (χ2n) is 6.20. The van der Waals surface area contributed by atoms with E-state index in [9.17, 15) is 9.90 Å². The van der Waals surface area contributed by atoms with Gasteiger partial charge in [0.05, 0.1) is 12.6 Å². The van der Waals surface area contributed by atoms with E-state index in [-0.39, 0.29) is 29.7 Å². The van der Waals surface area contributed by atoms with Crippen LogP contribution >= 0.6 is 11.8 Å². The molecule has 1 aliphatic heterocycles. The Balaban J connectivity index is 1.74. The van der Waals surface area contributed by atoms with Gasteiger partial charge in [0, 0.05) is 5.92 Å². The summed E-state index contributed by atoms with van der Waals surface area (Å²) in [4.78, 5) is 12.8. The summed E-state index contributed by atoms with van der Waals surface area (Å²) in [5.74, 6) is 1.01. The van der Waals surface area contributed by atoms with Gasteiger partial charge in [-0.05, 0) is 28.9 Å². The minimum absolute atomic E-state index is 0.00557. The molecule has 0 aromatic heterocycles. The fraction of sp³-hybridized carbons (Fsp3) is 0.350. The number of carbonyl (C=O) groups excluding carboxylic acids is 1. The molecule has 0 radical (unpaired) electrons. The highest BCUT2D eigenvalue weighted by molar-refractivity contribution is 8.00. The van der Waals surface area contributed by atoms with Gasteiger partial charge < -0.3 is 10.4 Å². The zero-order valence-corrected chi connectivity index (χ0v) is 14.6. The molecule has 0 saturated heterocycles. The van der Waals surface area contributed by atoms with Gasteiger partial charge in [0.2, 0.25) is 5.91 Å². The maximum Gasteiger partial charge on any atom is 0.237 e. The fourth-order valence-corrected chi connectivity index (χ4v) is 4.39. The second-order valence-corrected chi connectivity index (χ2v) is 7.41. The molecule has 1 amide bonds. The van der Waals surface area contributed by atoms with Crippen LogP contribution < -0.4 is 5.32 Å². The molecule has 3 nitrogen and oxygen atoms in total. The standard InChI is InChI=1S/C20H23NO2S/c1-14(15-7-3-2-4-8-15)18(13-22)21-20(23)19-17-10-6-5-9-16(17)11-12-24-19/h2-10,14,18-19,22H,11-13H2,1H3,(H,21,23)/t14-,18+,19-/m1/s1. The van der Waals surface area contributed by atoms with Crippen molar-refractivity contribution < 1.29 is 9.90 Å². The van der Waals surface area contributed by atoms with E-state index in [4.69, 9.17) is 0 Å². The molecule has 0 unspecified atom stereocenters. The van der Waals surface area contributed by atoms with Crippen molar-refractivity contribution in [2.45, 2.75) is 30.6 Å². The van der Waals surface area contributed by atoms with Gasteiger partial charge in [-0.3, -0.25) is 4.79 Å². The number of aliphatic hydroxyl groups excluding tert-OH is 1. The summed E-state index contributed by atoms with van der Waals surface area (Å²) < 4.78 is 0. The van der Waals surface area contributed by atoms with Crippen LogP contribution in [0.15, 0.2) is 54.6 Å². The summed E-state index contributed by atoms with van der Waals surface area (Å²) in [6.07, 6.45) is 1.01. The zero-order chi connectivity index (χ0) is 16.9. The minimum Gasteiger partial charge on any atom is -0.394 e. The summed E-state index contributed by atoms with van der Waals surface area (Å²) in [5.41, 5.74) is 3.48. The van der Waals surface area contributed by atoms with Crippen molar-refractivity contribution >= 4 is 17.7 Å². The maximum atomic E-state index is 12.8. The first-order chi connectivity index (χ1) is 11.7. The predicted octanol–water partition coefficient (Wildman–Crippen LogP) is 3.30. The minimum atomic E-state index is -0.283. The van der Waals surface area contributed by atoms with E-state index < -0.39 is 0 Å². The van der Waals surface area contributed by atoms with E-state index in [2.05, 4.69) is 11.4 Å². The molecule has 2 N–H and O–H groups in total. The SMILES string of the molecule is C[C@H](c1ccccc1)[C@H](CO)NC(=O)[C@@H]1SCCc2ccccc21. The van der Waals surface area contributed by atoms with Crippen LogP contribution in [0, 0.1) is 0 Å². The van der Waals surface area contributed by atoms with E-state index in [0.29, 0.717) is 0 Å². The highest BCUT2D eigenvalue weighted by Crippen LogP contribution is 2.37. The van der Waals surface area contributed by atoms with Crippen LogP contribution in [0.5, 0.6) is 0 Å². The Bertz CT molecular complexity index is 689. The van der Waals surface area contributed by atoms with Crippen LogP contribution in [0.3, 0.4) is 0 Å². The van der Waals surface area contributed by atoms with Crippen molar-refractivity contribution in [3.05, 3.63) is 71.3 Å². The Kier molecular flexibility index (Phi) is 5.59. The number of rotatable bonds is 5. The van der Waals surface area contributed by atoms with Crippen molar-refractivity contribution in [3.63, 3.8) is 0 Å². The van der Waals surface area contributed by atoms with Gasteiger partial charge in [0.1, 0.15) is 5.25 Å². The largest absolute Gasteiger partial charge is 0.394 e. The molecule has 0 fully saturated rings. The molecule has 126 valence electrons. The molecule has 0 aliphatic carbocycles. The number of aliphatic hydroxyl groups is 1. The molecular formula is C20H23NO2S. The monoisotopic (exact) mass is 341 g/mol. The molecule has 0 spiro atoms. The highest BCUT2D eigenvalue weighted by atomic mass is 32.2. The molecule has 0 bridgehead atoms. The summed E-state index contributed by atoms with van der Waals surface area (Å²) >= 11 is 1.68. The molecule has 3 atom stereocenters. The van der Waals surface area contributed by atoms with Crippen LogP contribution in [0.2, 0.25) is 0 Å². The lowest BCUT2D eigenvalue weighted by atomic mass is 9.93. The Hall–Kier alpha value is -1.78. The van der Waals surface area contributed by atoms with Gasteiger partial charge in [-0.25, -0.2) is 0 Å². The summed E-state index contributed by atoms with van der Waals surface area (Å²) in [7, 11) is 0. The lowest BCUT2D eigenvalue weighted by molar-refractivity contribution is -0.121. The van der Waals surface area contributed by atoms with Crippen molar-refractivity contribution in [2.24, 2.45) is 0 Å². The summed E-state index contributed by atoms with van der Waals surface area (Å²) in [6, 6.07) is 17.9. The van der Waals surface area contributed by atoms with Crippen LogP contribution in [-0.2, 0) is 11.2 Å². The third kappa shape index (κ3) is 3.65. The molecule has 1 aliphatic rings. The van der Waals surface area contributed by atoms with Crippen LogP contribution in [0.25, 0.3) is 0 Å². The van der Waals surface area contributed by atoms with E-state index in [0.717, 1.165) is 23.3 Å². The Labute approximate surface area is 147 Å². The number of amides is 1. The molecule has 4 heteroatoms. The number of carbonyl (C=O) groups is 1. The number of aryl methyl sites for hydroxylation is 1. The van der Waals surface area contributed by atoms with Gasteiger partial charge in [0.25, 0.3) is 0 Å². The molecule has 24 heavy (non-hydrogen) atoms. The first-order valence-corrected chi connectivity index (χ1v) is 9.41. The topological polar surface area (TPSA) is 49.3 Å².